The van der Waals surface area contributed by atoms with Gasteiger partial charge in [-0.05, 0) is 31.6 Å². The predicted molar refractivity (Wildman–Crippen MR) is 52.1 cm³/mol. The van der Waals surface area contributed by atoms with E-state index in [-0.39, 0.29) is 11.3 Å². The number of rotatable bonds is 1. The lowest BCUT2D eigenvalue weighted by molar-refractivity contribution is -0.135. The largest absolute Gasteiger partial charge is 0.369 e. The minimum absolute atomic E-state index is 0.0168. The summed E-state index contributed by atoms with van der Waals surface area (Å²) in [5.41, 5.74) is 5.49. The molecule has 2 N–H and O–H groups in total. The number of nitrogens with two attached hydrogens (primary N) is 1. The number of amides is 1. The number of hydrogen-bond acceptors (Lipinski definition) is 1. The van der Waals surface area contributed by atoms with Crippen molar-refractivity contribution in [2.75, 3.05) is 0 Å². The molecule has 0 bridgehead atoms. The summed E-state index contributed by atoms with van der Waals surface area (Å²) in [4.78, 5) is 11.5. The van der Waals surface area contributed by atoms with Crippen molar-refractivity contribution in [2.45, 2.75) is 51.4 Å². The molecule has 2 heteroatoms. The van der Waals surface area contributed by atoms with Crippen molar-refractivity contribution >= 4 is 5.91 Å². The quantitative estimate of drug-likeness (QED) is 0.662. The van der Waals surface area contributed by atoms with Gasteiger partial charge in [-0.25, -0.2) is 0 Å². The average molecular weight is 181 g/mol. The van der Waals surface area contributed by atoms with Gasteiger partial charge in [-0.3, -0.25) is 4.79 Å². The first-order valence-electron chi connectivity index (χ1n) is 5.56. The number of carbonyl (C=O) groups excluding carboxylic acids is 1. The van der Waals surface area contributed by atoms with Crippen molar-refractivity contribution in [1.82, 2.24) is 0 Å². The molecule has 2 saturated carbocycles. The van der Waals surface area contributed by atoms with Gasteiger partial charge in [0.05, 0.1) is 5.41 Å². The van der Waals surface area contributed by atoms with Gasteiger partial charge in [0.15, 0.2) is 0 Å². The maximum Gasteiger partial charge on any atom is 0.223 e. The SMILES string of the molecule is NC(=O)C12CCCCC1CCCC2. The van der Waals surface area contributed by atoms with Crippen LogP contribution in [-0.4, -0.2) is 5.91 Å². The zero-order valence-corrected chi connectivity index (χ0v) is 8.22. The van der Waals surface area contributed by atoms with E-state index in [0.717, 1.165) is 12.8 Å². The van der Waals surface area contributed by atoms with Gasteiger partial charge in [0, 0.05) is 0 Å². The Morgan fingerprint density at radius 1 is 1.08 bits per heavy atom. The third-order valence-corrected chi connectivity index (χ3v) is 4.12. The minimum Gasteiger partial charge on any atom is -0.369 e. The van der Waals surface area contributed by atoms with Crippen LogP contribution in [0.15, 0.2) is 0 Å². The van der Waals surface area contributed by atoms with E-state index in [4.69, 9.17) is 5.73 Å². The maximum absolute atomic E-state index is 11.5. The highest BCUT2D eigenvalue weighted by molar-refractivity contribution is 5.81. The van der Waals surface area contributed by atoms with E-state index in [2.05, 4.69) is 0 Å². The van der Waals surface area contributed by atoms with E-state index in [0.29, 0.717) is 5.92 Å². The minimum atomic E-state index is -0.0868. The fourth-order valence-corrected chi connectivity index (χ4v) is 3.34. The highest BCUT2D eigenvalue weighted by atomic mass is 16.1. The van der Waals surface area contributed by atoms with Crippen LogP contribution >= 0.6 is 0 Å². The van der Waals surface area contributed by atoms with E-state index in [1.807, 2.05) is 0 Å². The average Bonchev–Trinajstić information content (AvgIpc) is 2.17. The Morgan fingerprint density at radius 2 is 1.62 bits per heavy atom. The van der Waals surface area contributed by atoms with Crippen molar-refractivity contribution < 1.29 is 4.79 Å². The van der Waals surface area contributed by atoms with E-state index in [1.54, 1.807) is 0 Å². The van der Waals surface area contributed by atoms with Gasteiger partial charge in [-0.15, -0.1) is 0 Å². The summed E-state index contributed by atoms with van der Waals surface area (Å²) in [6, 6.07) is 0. The summed E-state index contributed by atoms with van der Waals surface area (Å²) in [5, 5.41) is 0. The highest BCUT2D eigenvalue weighted by Crippen LogP contribution is 2.50. The summed E-state index contributed by atoms with van der Waals surface area (Å²) in [7, 11) is 0. The lowest BCUT2D eigenvalue weighted by atomic mass is 9.59. The number of fused-ring (bicyclic) bond motifs is 1. The molecule has 0 aliphatic heterocycles. The van der Waals surface area contributed by atoms with Crippen LogP contribution in [0.4, 0.5) is 0 Å². The van der Waals surface area contributed by atoms with Gasteiger partial charge >= 0.3 is 0 Å². The first-order valence-corrected chi connectivity index (χ1v) is 5.56. The molecule has 0 unspecified atom stereocenters. The number of primary amides is 1. The Morgan fingerprint density at radius 3 is 2.00 bits per heavy atom. The van der Waals surface area contributed by atoms with Crippen LogP contribution in [0.1, 0.15) is 51.4 Å². The molecule has 13 heavy (non-hydrogen) atoms. The molecule has 2 aliphatic carbocycles. The first kappa shape index (κ1) is 9.04. The molecule has 2 aliphatic rings. The summed E-state index contributed by atoms with van der Waals surface area (Å²) < 4.78 is 0. The number of hydrogen-bond donors (Lipinski definition) is 1. The second-order valence-corrected chi connectivity index (χ2v) is 4.71. The van der Waals surface area contributed by atoms with Crippen molar-refractivity contribution in [3.8, 4) is 0 Å². The lowest BCUT2D eigenvalue weighted by Crippen LogP contribution is -2.46. The molecule has 0 spiro atoms. The Labute approximate surface area is 79.9 Å². The smallest absolute Gasteiger partial charge is 0.223 e. The highest BCUT2D eigenvalue weighted by Gasteiger charge is 2.46. The van der Waals surface area contributed by atoms with Crippen LogP contribution in [0.3, 0.4) is 0 Å². The molecule has 2 rings (SSSR count). The van der Waals surface area contributed by atoms with Crippen molar-refractivity contribution in [1.29, 1.82) is 0 Å². The molecule has 74 valence electrons. The fraction of sp³-hybridized carbons (Fsp3) is 0.909. The van der Waals surface area contributed by atoms with E-state index in [1.165, 1.54) is 38.5 Å². The predicted octanol–water partition coefficient (Wildman–Crippen LogP) is 2.22. The van der Waals surface area contributed by atoms with Crippen molar-refractivity contribution in [3.63, 3.8) is 0 Å². The van der Waals surface area contributed by atoms with E-state index < -0.39 is 0 Å². The Hall–Kier alpha value is -0.530. The first-order chi connectivity index (χ1) is 6.26. The van der Waals surface area contributed by atoms with Crippen LogP contribution in [0, 0.1) is 11.3 Å². The molecule has 1 amide bonds. The standard InChI is InChI=1S/C11H19NO/c12-10(13)11-7-3-1-5-9(11)6-2-4-8-11/h9H,1-8H2,(H2,12,13). The van der Waals surface area contributed by atoms with Gasteiger partial charge in [0.2, 0.25) is 5.91 Å². The molecule has 0 heterocycles. The van der Waals surface area contributed by atoms with Gasteiger partial charge in [0.1, 0.15) is 0 Å². The van der Waals surface area contributed by atoms with Gasteiger partial charge in [0.25, 0.3) is 0 Å². The van der Waals surface area contributed by atoms with Crippen molar-refractivity contribution in [3.05, 3.63) is 0 Å². The molecule has 2 fully saturated rings. The Bertz CT molecular complexity index is 200. The topological polar surface area (TPSA) is 43.1 Å². The molecule has 0 radical (unpaired) electrons. The Kier molecular flexibility index (Phi) is 2.31. The number of carbonyl (C=O) groups is 1. The zero-order chi connectivity index (χ0) is 9.31. The summed E-state index contributed by atoms with van der Waals surface area (Å²) in [6.45, 7) is 0. The van der Waals surface area contributed by atoms with Crippen LogP contribution in [0.5, 0.6) is 0 Å². The molecular formula is C11H19NO. The lowest BCUT2D eigenvalue weighted by Gasteiger charge is -2.45. The second kappa shape index (κ2) is 3.32. The monoisotopic (exact) mass is 181 g/mol. The van der Waals surface area contributed by atoms with Crippen LogP contribution in [-0.2, 0) is 4.79 Å². The molecule has 0 aromatic heterocycles. The second-order valence-electron chi connectivity index (χ2n) is 4.71. The molecule has 0 atom stereocenters. The summed E-state index contributed by atoms with van der Waals surface area (Å²) >= 11 is 0. The van der Waals surface area contributed by atoms with Gasteiger partial charge < -0.3 is 5.73 Å². The summed E-state index contributed by atoms with van der Waals surface area (Å²) in [5.74, 6) is 0.601. The molecular weight excluding hydrogens is 162 g/mol. The molecule has 0 aromatic carbocycles. The van der Waals surface area contributed by atoms with Crippen molar-refractivity contribution in [2.24, 2.45) is 17.1 Å². The van der Waals surface area contributed by atoms with Gasteiger partial charge in [-0.1, -0.05) is 25.7 Å². The molecule has 2 nitrogen and oxygen atoms in total. The summed E-state index contributed by atoms with van der Waals surface area (Å²) in [6.07, 6.45) is 9.63. The van der Waals surface area contributed by atoms with Crippen LogP contribution in [0.25, 0.3) is 0 Å². The van der Waals surface area contributed by atoms with Crippen LogP contribution in [0.2, 0.25) is 0 Å². The van der Waals surface area contributed by atoms with Crippen LogP contribution < -0.4 is 5.73 Å². The fourth-order valence-electron chi connectivity index (χ4n) is 3.34. The van der Waals surface area contributed by atoms with E-state index in [9.17, 15) is 4.79 Å². The molecule has 0 aromatic rings. The third-order valence-electron chi connectivity index (χ3n) is 4.12. The normalized spacial score (nSPS) is 39.5. The zero-order valence-electron chi connectivity index (χ0n) is 8.22. The Balaban J connectivity index is 2.21. The third kappa shape index (κ3) is 1.36. The van der Waals surface area contributed by atoms with Gasteiger partial charge in [-0.2, -0.15) is 0 Å². The maximum atomic E-state index is 11.5. The van der Waals surface area contributed by atoms with E-state index >= 15 is 0 Å². The molecule has 0 saturated heterocycles.